The molecule has 1 saturated heterocycles. The number of hydrogen-bond donors (Lipinski definition) is 0. The Morgan fingerprint density at radius 1 is 1.42 bits per heavy atom. The Morgan fingerprint density at radius 3 is 2.96 bits per heavy atom. The summed E-state index contributed by atoms with van der Waals surface area (Å²) >= 11 is 6.22. The molecule has 3 heterocycles. The maximum absolute atomic E-state index is 13.1. The first-order valence-electron chi connectivity index (χ1n) is 8.37. The second-order valence-electron chi connectivity index (χ2n) is 6.46. The summed E-state index contributed by atoms with van der Waals surface area (Å²) in [4.78, 5) is 23.6. The van der Waals surface area contributed by atoms with Crippen LogP contribution in [0, 0.1) is 0 Å². The average Bonchev–Trinajstić information content (AvgIpc) is 3.08. The number of likely N-dealkylation sites (tertiary alicyclic amines) is 1. The lowest BCUT2D eigenvalue weighted by Crippen LogP contribution is -2.46. The van der Waals surface area contributed by atoms with Crippen LogP contribution in [0.3, 0.4) is 0 Å². The van der Waals surface area contributed by atoms with E-state index in [1.165, 1.54) is 6.20 Å². The first-order chi connectivity index (χ1) is 11.6. The number of aromatic nitrogens is 4. The van der Waals surface area contributed by atoms with Gasteiger partial charge in [0.2, 0.25) is 0 Å². The maximum Gasteiger partial charge on any atom is 0.274 e. The number of rotatable bonds is 4. The Kier molecular flexibility index (Phi) is 5.14. The van der Waals surface area contributed by atoms with Gasteiger partial charge in [-0.25, -0.2) is 9.97 Å². The summed E-state index contributed by atoms with van der Waals surface area (Å²) in [5.74, 6) is 0.680. The number of halogens is 1. The number of hydrogen-bond acceptors (Lipinski definition) is 4. The van der Waals surface area contributed by atoms with Gasteiger partial charge in [-0.15, -0.1) is 0 Å². The van der Waals surface area contributed by atoms with Gasteiger partial charge in [-0.3, -0.25) is 9.48 Å². The Balaban J connectivity index is 1.85. The monoisotopic (exact) mass is 347 g/mol. The zero-order valence-corrected chi connectivity index (χ0v) is 14.8. The van der Waals surface area contributed by atoms with Crippen LogP contribution in [0.25, 0.3) is 0 Å². The first-order valence-corrected chi connectivity index (χ1v) is 8.75. The average molecular weight is 348 g/mol. The molecule has 24 heavy (non-hydrogen) atoms. The minimum Gasteiger partial charge on any atom is -0.332 e. The molecule has 1 aliphatic heterocycles. The molecule has 0 radical (unpaired) electrons. The summed E-state index contributed by atoms with van der Waals surface area (Å²) < 4.78 is 1.87. The predicted molar refractivity (Wildman–Crippen MR) is 92.0 cm³/mol. The van der Waals surface area contributed by atoms with Crippen molar-refractivity contribution in [2.45, 2.75) is 51.6 Å². The molecule has 0 N–H and O–H groups in total. The summed E-state index contributed by atoms with van der Waals surface area (Å²) in [6, 6.07) is 2.00. The first kappa shape index (κ1) is 16.9. The predicted octanol–water partition coefficient (Wildman–Crippen LogP) is 3.14. The Bertz CT molecular complexity index is 701. The highest BCUT2D eigenvalue weighted by Gasteiger charge is 2.30. The molecule has 128 valence electrons. The van der Waals surface area contributed by atoms with Crippen molar-refractivity contribution in [2.24, 2.45) is 0 Å². The molecule has 2 aromatic rings. The molecular formula is C17H22ClN5O. The molecule has 1 atom stereocenters. The Morgan fingerprint density at radius 2 is 2.25 bits per heavy atom. The van der Waals surface area contributed by atoms with Gasteiger partial charge >= 0.3 is 0 Å². The molecule has 1 aliphatic rings. The van der Waals surface area contributed by atoms with E-state index < -0.39 is 0 Å². The van der Waals surface area contributed by atoms with Gasteiger partial charge in [-0.1, -0.05) is 25.4 Å². The van der Waals surface area contributed by atoms with E-state index in [1.54, 1.807) is 6.20 Å². The maximum atomic E-state index is 13.1. The zero-order chi connectivity index (χ0) is 17.1. The molecule has 2 aromatic heterocycles. The van der Waals surface area contributed by atoms with E-state index >= 15 is 0 Å². The third-order valence-electron chi connectivity index (χ3n) is 4.33. The van der Waals surface area contributed by atoms with Crippen LogP contribution < -0.4 is 0 Å². The minimum atomic E-state index is -0.110. The van der Waals surface area contributed by atoms with Crippen LogP contribution in [0.15, 0.2) is 24.7 Å². The standard InChI is InChI=1S/C17H22ClN5O/c1-12(2)16-19-10-14(18)15(21-16)17(24)23-9-4-3-6-13(23)11-22-8-5-7-20-22/h5,7-8,10,12-13H,3-4,6,9,11H2,1-2H3/t13-/m1/s1. The van der Waals surface area contributed by atoms with Gasteiger partial charge < -0.3 is 4.90 Å². The van der Waals surface area contributed by atoms with Gasteiger partial charge in [-0.2, -0.15) is 5.10 Å². The van der Waals surface area contributed by atoms with E-state index in [-0.39, 0.29) is 17.9 Å². The highest BCUT2D eigenvalue weighted by Crippen LogP contribution is 2.24. The van der Waals surface area contributed by atoms with Crippen LogP contribution in [0.5, 0.6) is 0 Å². The van der Waals surface area contributed by atoms with E-state index in [2.05, 4.69) is 15.1 Å². The van der Waals surface area contributed by atoms with Crippen molar-refractivity contribution in [3.8, 4) is 0 Å². The lowest BCUT2D eigenvalue weighted by Gasteiger charge is -2.35. The molecule has 6 nitrogen and oxygen atoms in total. The molecule has 3 rings (SSSR count). The highest BCUT2D eigenvalue weighted by atomic mass is 35.5. The van der Waals surface area contributed by atoms with Crippen molar-refractivity contribution in [3.05, 3.63) is 41.2 Å². The lowest BCUT2D eigenvalue weighted by atomic mass is 10.0. The van der Waals surface area contributed by atoms with Crippen molar-refractivity contribution in [3.63, 3.8) is 0 Å². The van der Waals surface area contributed by atoms with Gasteiger partial charge in [0.25, 0.3) is 5.91 Å². The van der Waals surface area contributed by atoms with E-state index in [1.807, 2.05) is 35.7 Å². The normalized spacial score (nSPS) is 18.2. The van der Waals surface area contributed by atoms with Gasteiger partial charge in [0.1, 0.15) is 5.82 Å². The Hall–Kier alpha value is -1.95. The van der Waals surface area contributed by atoms with E-state index in [0.717, 1.165) is 25.8 Å². The molecule has 1 amide bonds. The molecule has 0 aromatic carbocycles. The van der Waals surface area contributed by atoms with Gasteiger partial charge in [0.15, 0.2) is 5.69 Å². The number of amides is 1. The third-order valence-corrected chi connectivity index (χ3v) is 4.60. The van der Waals surface area contributed by atoms with Crippen molar-refractivity contribution in [1.29, 1.82) is 0 Å². The second-order valence-corrected chi connectivity index (χ2v) is 6.86. The smallest absolute Gasteiger partial charge is 0.274 e. The van der Waals surface area contributed by atoms with Crippen molar-refractivity contribution in [1.82, 2.24) is 24.6 Å². The van der Waals surface area contributed by atoms with Crippen LogP contribution in [-0.2, 0) is 6.54 Å². The van der Waals surface area contributed by atoms with Crippen LogP contribution in [-0.4, -0.2) is 43.1 Å². The largest absolute Gasteiger partial charge is 0.332 e. The number of carbonyl (C=O) groups is 1. The van der Waals surface area contributed by atoms with Crippen LogP contribution >= 0.6 is 11.6 Å². The molecule has 1 fully saturated rings. The molecule has 7 heteroatoms. The lowest BCUT2D eigenvalue weighted by molar-refractivity contribution is 0.0577. The van der Waals surface area contributed by atoms with Crippen molar-refractivity contribution >= 4 is 17.5 Å². The number of nitrogens with zero attached hydrogens (tertiary/aromatic N) is 5. The van der Waals surface area contributed by atoms with Gasteiger partial charge in [-0.05, 0) is 25.3 Å². The highest BCUT2D eigenvalue weighted by molar-refractivity contribution is 6.33. The number of carbonyl (C=O) groups excluding carboxylic acids is 1. The van der Waals surface area contributed by atoms with E-state index in [0.29, 0.717) is 23.1 Å². The summed E-state index contributed by atoms with van der Waals surface area (Å²) in [5.41, 5.74) is 0.308. The minimum absolute atomic E-state index is 0.110. The Labute approximate surface area is 146 Å². The fourth-order valence-electron chi connectivity index (χ4n) is 3.03. The molecule has 0 spiro atoms. The van der Waals surface area contributed by atoms with Gasteiger partial charge in [0, 0.05) is 24.9 Å². The van der Waals surface area contributed by atoms with Crippen LogP contribution in [0.2, 0.25) is 5.02 Å². The third kappa shape index (κ3) is 3.59. The molecule has 0 aliphatic carbocycles. The molecule has 0 unspecified atom stereocenters. The topological polar surface area (TPSA) is 63.9 Å². The summed E-state index contributed by atoms with van der Waals surface area (Å²) in [7, 11) is 0. The van der Waals surface area contributed by atoms with Crippen molar-refractivity contribution in [2.75, 3.05) is 6.54 Å². The fourth-order valence-corrected chi connectivity index (χ4v) is 3.20. The van der Waals surface area contributed by atoms with Crippen LogP contribution in [0.1, 0.15) is 55.3 Å². The van der Waals surface area contributed by atoms with E-state index in [9.17, 15) is 4.79 Å². The summed E-state index contributed by atoms with van der Waals surface area (Å²) in [6.07, 6.45) is 8.29. The molecular weight excluding hydrogens is 326 g/mol. The number of piperidine rings is 1. The van der Waals surface area contributed by atoms with Gasteiger partial charge in [0.05, 0.1) is 23.8 Å². The van der Waals surface area contributed by atoms with Crippen molar-refractivity contribution < 1.29 is 4.79 Å². The SMILES string of the molecule is CC(C)c1ncc(Cl)c(C(=O)N2CCCC[C@@H]2Cn2cccn2)n1. The zero-order valence-electron chi connectivity index (χ0n) is 14.0. The summed E-state index contributed by atoms with van der Waals surface area (Å²) in [6.45, 7) is 5.42. The molecule has 0 saturated carbocycles. The second kappa shape index (κ2) is 7.30. The fraction of sp³-hybridized carbons (Fsp3) is 0.529. The van der Waals surface area contributed by atoms with E-state index in [4.69, 9.17) is 11.6 Å². The quantitative estimate of drug-likeness (QED) is 0.852. The van der Waals surface area contributed by atoms with Crippen LogP contribution in [0.4, 0.5) is 0 Å². The molecule has 0 bridgehead atoms. The summed E-state index contributed by atoms with van der Waals surface area (Å²) in [5, 5.41) is 4.57.